The molecule has 0 aliphatic rings. The van der Waals surface area contributed by atoms with Crippen molar-refractivity contribution in [3.8, 4) is 0 Å². The summed E-state index contributed by atoms with van der Waals surface area (Å²) in [6.45, 7) is 4.04. The molecule has 2 aromatic heterocycles. The molecule has 0 aliphatic carbocycles. The highest BCUT2D eigenvalue weighted by molar-refractivity contribution is 5.92. The Morgan fingerprint density at radius 1 is 1.41 bits per heavy atom. The van der Waals surface area contributed by atoms with E-state index in [4.69, 9.17) is 0 Å². The van der Waals surface area contributed by atoms with Crippen molar-refractivity contribution in [1.82, 2.24) is 14.5 Å². The quantitative estimate of drug-likeness (QED) is 0.847. The Hall–Kier alpha value is -2.04. The van der Waals surface area contributed by atoms with Crippen LogP contribution in [0.4, 0.5) is 5.95 Å². The van der Waals surface area contributed by atoms with Crippen LogP contribution in [-0.4, -0.2) is 20.4 Å². The normalized spacial score (nSPS) is 12.6. The molecular weight excluding hydrogens is 216 g/mol. The summed E-state index contributed by atoms with van der Waals surface area (Å²) in [6, 6.07) is 3.60. The number of nitrogens with one attached hydrogen (secondary N) is 2. The van der Waals surface area contributed by atoms with Gasteiger partial charge in [-0.25, -0.2) is 4.98 Å². The summed E-state index contributed by atoms with van der Waals surface area (Å²) < 4.78 is 1.91. The van der Waals surface area contributed by atoms with Crippen LogP contribution < -0.4 is 5.32 Å². The molecule has 1 atom stereocenters. The molecule has 2 aromatic rings. The number of rotatable bonds is 4. The van der Waals surface area contributed by atoms with Crippen molar-refractivity contribution >= 4 is 11.9 Å². The zero-order valence-corrected chi connectivity index (χ0v) is 9.92. The maximum absolute atomic E-state index is 12.2. The minimum atomic E-state index is -0.227. The Bertz CT molecular complexity index is 459. The van der Waals surface area contributed by atoms with E-state index in [-0.39, 0.29) is 17.9 Å². The summed E-state index contributed by atoms with van der Waals surface area (Å²) in [5, 5.41) is 2.77. The Balaban J connectivity index is 2.14. The van der Waals surface area contributed by atoms with E-state index in [1.165, 1.54) is 0 Å². The number of carbonyl (C=O) groups excluding carboxylic acids is 1. The first-order valence-corrected chi connectivity index (χ1v) is 5.61. The van der Waals surface area contributed by atoms with Crippen LogP contribution in [0.5, 0.6) is 0 Å². The third kappa shape index (κ3) is 2.55. The largest absolute Gasteiger partial charge is 0.342 e. The third-order valence-electron chi connectivity index (χ3n) is 2.59. The number of hydrogen-bond donors (Lipinski definition) is 2. The second-order valence-electron chi connectivity index (χ2n) is 4.25. The molecule has 0 saturated carbocycles. The highest BCUT2D eigenvalue weighted by atomic mass is 16.2. The molecule has 2 rings (SSSR count). The van der Waals surface area contributed by atoms with Gasteiger partial charge in [-0.05, 0) is 18.1 Å². The molecule has 1 unspecified atom stereocenters. The predicted molar refractivity (Wildman–Crippen MR) is 65.5 cm³/mol. The monoisotopic (exact) mass is 232 g/mol. The molecule has 17 heavy (non-hydrogen) atoms. The van der Waals surface area contributed by atoms with Crippen LogP contribution in [0.25, 0.3) is 0 Å². The lowest BCUT2D eigenvalue weighted by Crippen LogP contribution is -2.29. The average molecular weight is 232 g/mol. The van der Waals surface area contributed by atoms with Gasteiger partial charge in [0, 0.05) is 24.8 Å². The Kier molecular flexibility index (Phi) is 3.27. The van der Waals surface area contributed by atoms with Gasteiger partial charge < -0.3 is 9.55 Å². The topological polar surface area (TPSA) is 62.7 Å². The number of aromatic nitrogens is 3. The minimum absolute atomic E-state index is 0.0637. The summed E-state index contributed by atoms with van der Waals surface area (Å²) in [7, 11) is 0. The van der Waals surface area contributed by atoms with Crippen LogP contribution in [0.2, 0.25) is 0 Å². The highest BCUT2D eigenvalue weighted by Gasteiger charge is 2.23. The van der Waals surface area contributed by atoms with Crippen molar-refractivity contribution in [3.05, 3.63) is 36.9 Å². The van der Waals surface area contributed by atoms with Gasteiger partial charge in [-0.3, -0.25) is 10.1 Å². The van der Waals surface area contributed by atoms with Crippen LogP contribution in [0, 0.1) is 5.92 Å². The number of nitrogens with zero attached hydrogens (tertiary/aromatic N) is 2. The minimum Gasteiger partial charge on any atom is -0.342 e. The number of imidazole rings is 1. The summed E-state index contributed by atoms with van der Waals surface area (Å²) in [6.07, 6.45) is 7.07. The van der Waals surface area contributed by atoms with Crippen LogP contribution in [0.3, 0.4) is 0 Å². The molecule has 5 nitrogen and oxygen atoms in total. The highest BCUT2D eigenvalue weighted by Crippen LogP contribution is 2.19. The molecule has 2 heterocycles. The Morgan fingerprint density at radius 3 is 2.65 bits per heavy atom. The molecule has 1 amide bonds. The molecule has 0 aliphatic heterocycles. The van der Waals surface area contributed by atoms with Gasteiger partial charge in [-0.1, -0.05) is 13.8 Å². The molecular formula is C12H16N4O. The van der Waals surface area contributed by atoms with Gasteiger partial charge in [0.05, 0.1) is 0 Å². The maximum atomic E-state index is 12.2. The van der Waals surface area contributed by atoms with Crippen LogP contribution in [0.1, 0.15) is 19.9 Å². The molecule has 5 heteroatoms. The number of anilines is 1. The van der Waals surface area contributed by atoms with E-state index in [9.17, 15) is 4.79 Å². The molecule has 0 bridgehead atoms. The number of hydrogen-bond acceptors (Lipinski definition) is 2. The van der Waals surface area contributed by atoms with Crippen molar-refractivity contribution in [2.45, 2.75) is 19.9 Å². The second kappa shape index (κ2) is 4.86. The predicted octanol–water partition coefficient (Wildman–Crippen LogP) is 2.05. The van der Waals surface area contributed by atoms with E-state index in [0.29, 0.717) is 5.95 Å². The van der Waals surface area contributed by atoms with Crippen molar-refractivity contribution in [1.29, 1.82) is 0 Å². The summed E-state index contributed by atoms with van der Waals surface area (Å²) >= 11 is 0. The lowest BCUT2D eigenvalue weighted by molar-refractivity contribution is -0.120. The fourth-order valence-electron chi connectivity index (χ4n) is 1.84. The molecule has 0 spiro atoms. The van der Waals surface area contributed by atoms with E-state index >= 15 is 0 Å². The second-order valence-corrected chi connectivity index (χ2v) is 4.25. The summed E-state index contributed by atoms with van der Waals surface area (Å²) in [4.78, 5) is 19.0. The van der Waals surface area contributed by atoms with Crippen molar-refractivity contribution < 1.29 is 4.79 Å². The summed E-state index contributed by atoms with van der Waals surface area (Å²) in [5.74, 6) is 0.622. The van der Waals surface area contributed by atoms with E-state index < -0.39 is 0 Å². The molecule has 2 N–H and O–H groups in total. The number of aromatic amines is 1. The summed E-state index contributed by atoms with van der Waals surface area (Å²) in [5.41, 5.74) is 0. The van der Waals surface area contributed by atoms with Crippen molar-refractivity contribution in [2.75, 3.05) is 5.32 Å². The van der Waals surface area contributed by atoms with E-state index in [0.717, 1.165) is 0 Å². The van der Waals surface area contributed by atoms with Gasteiger partial charge in [-0.15, -0.1) is 0 Å². The van der Waals surface area contributed by atoms with E-state index in [1.54, 1.807) is 12.4 Å². The SMILES string of the molecule is CC(C)C(C(=O)Nc1ncc[nH]1)n1cccc1. The third-order valence-corrected chi connectivity index (χ3v) is 2.59. The molecule has 90 valence electrons. The van der Waals surface area contributed by atoms with Crippen molar-refractivity contribution in [3.63, 3.8) is 0 Å². The number of H-pyrrole nitrogens is 1. The Labute approximate surface area is 99.9 Å². The molecule has 0 fully saturated rings. The number of carbonyl (C=O) groups is 1. The van der Waals surface area contributed by atoms with Gasteiger partial charge in [0.1, 0.15) is 6.04 Å². The zero-order chi connectivity index (χ0) is 12.3. The van der Waals surface area contributed by atoms with Gasteiger partial charge in [0.2, 0.25) is 11.9 Å². The first-order valence-electron chi connectivity index (χ1n) is 5.61. The standard InChI is InChI=1S/C12H16N4O/c1-9(2)10(16-7-3-4-8-16)11(17)15-12-13-5-6-14-12/h3-10H,1-2H3,(H2,13,14,15,17). The van der Waals surface area contributed by atoms with Gasteiger partial charge >= 0.3 is 0 Å². The first kappa shape index (κ1) is 11.4. The van der Waals surface area contributed by atoms with Crippen LogP contribution in [-0.2, 0) is 4.79 Å². The van der Waals surface area contributed by atoms with E-state index in [1.807, 2.05) is 42.9 Å². The van der Waals surface area contributed by atoms with Crippen molar-refractivity contribution in [2.24, 2.45) is 5.92 Å². The Morgan fingerprint density at radius 2 is 2.12 bits per heavy atom. The van der Waals surface area contributed by atoms with Gasteiger partial charge in [-0.2, -0.15) is 0 Å². The smallest absolute Gasteiger partial charge is 0.249 e. The maximum Gasteiger partial charge on any atom is 0.249 e. The fraction of sp³-hybridized carbons (Fsp3) is 0.333. The molecule has 0 saturated heterocycles. The lowest BCUT2D eigenvalue weighted by atomic mass is 10.0. The van der Waals surface area contributed by atoms with Crippen LogP contribution >= 0.6 is 0 Å². The van der Waals surface area contributed by atoms with Crippen LogP contribution in [0.15, 0.2) is 36.9 Å². The fourth-order valence-corrected chi connectivity index (χ4v) is 1.84. The molecule has 0 aromatic carbocycles. The van der Waals surface area contributed by atoms with Gasteiger partial charge in [0.15, 0.2) is 0 Å². The zero-order valence-electron chi connectivity index (χ0n) is 9.92. The average Bonchev–Trinajstić information content (AvgIpc) is 2.89. The number of amides is 1. The first-order chi connectivity index (χ1) is 8.18. The van der Waals surface area contributed by atoms with E-state index in [2.05, 4.69) is 15.3 Å². The molecule has 0 radical (unpaired) electrons. The van der Waals surface area contributed by atoms with Gasteiger partial charge in [0.25, 0.3) is 0 Å². The lowest BCUT2D eigenvalue weighted by Gasteiger charge is -2.21.